The minimum atomic E-state index is -0.258. The maximum Gasteiger partial charge on any atom is 0.246 e. The Morgan fingerprint density at radius 1 is 1.24 bits per heavy atom. The van der Waals surface area contributed by atoms with Gasteiger partial charge in [0.2, 0.25) is 5.91 Å². The van der Waals surface area contributed by atoms with Gasteiger partial charge in [0.1, 0.15) is 10.8 Å². The number of aromatic nitrogens is 1. The van der Waals surface area contributed by atoms with Crippen LogP contribution in [0.2, 0.25) is 0 Å². The normalized spacial score (nSPS) is 15.0. The van der Waals surface area contributed by atoms with Gasteiger partial charge in [-0.2, -0.15) is 0 Å². The van der Waals surface area contributed by atoms with Gasteiger partial charge in [-0.05, 0) is 43.2 Å². The van der Waals surface area contributed by atoms with E-state index in [0.29, 0.717) is 0 Å². The van der Waals surface area contributed by atoms with Crippen LogP contribution in [0.25, 0.3) is 16.6 Å². The lowest BCUT2D eigenvalue weighted by atomic mass is 10.2. The molecule has 0 atom stereocenters. The second-order valence-corrected chi connectivity index (χ2v) is 5.81. The Morgan fingerprint density at radius 2 is 1.95 bits per heavy atom. The van der Waals surface area contributed by atoms with Gasteiger partial charge in [0.25, 0.3) is 0 Å². The third-order valence-electron chi connectivity index (χ3n) is 3.43. The van der Waals surface area contributed by atoms with Gasteiger partial charge in [0.05, 0.1) is 5.69 Å². The molecule has 0 N–H and O–H groups in total. The highest BCUT2D eigenvalue weighted by Crippen LogP contribution is 2.24. The average Bonchev–Trinajstić information content (AvgIpc) is 3.17. The highest BCUT2D eigenvalue weighted by Gasteiger charge is 2.15. The molecule has 1 aliphatic rings. The zero-order valence-corrected chi connectivity index (χ0v) is 12.3. The van der Waals surface area contributed by atoms with Crippen molar-refractivity contribution < 1.29 is 9.18 Å². The Labute approximate surface area is 126 Å². The Kier molecular flexibility index (Phi) is 4.10. The maximum absolute atomic E-state index is 12.9. The standard InChI is InChI=1S/C16H15FN2OS/c17-13-5-3-12(4-6-13)16-18-14(11-21-16)7-8-15(20)19-9-1-2-10-19/h3-8,11H,1-2,9-10H2. The van der Waals surface area contributed by atoms with Crippen molar-refractivity contribution in [3.63, 3.8) is 0 Å². The number of thiazole rings is 1. The van der Waals surface area contributed by atoms with Crippen LogP contribution in [0.3, 0.4) is 0 Å². The van der Waals surface area contributed by atoms with Crippen LogP contribution in [0.5, 0.6) is 0 Å². The molecule has 108 valence electrons. The van der Waals surface area contributed by atoms with Gasteiger partial charge in [-0.1, -0.05) is 0 Å². The van der Waals surface area contributed by atoms with Crippen molar-refractivity contribution in [2.45, 2.75) is 12.8 Å². The molecule has 3 rings (SSSR count). The lowest BCUT2D eigenvalue weighted by Gasteiger charge is -2.11. The largest absolute Gasteiger partial charge is 0.339 e. The Hall–Kier alpha value is -2.01. The molecule has 0 radical (unpaired) electrons. The van der Waals surface area contributed by atoms with Gasteiger partial charge < -0.3 is 4.90 Å². The van der Waals surface area contributed by atoms with E-state index in [1.165, 1.54) is 23.5 Å². The summed E-state index contributed by atoms with van der Waals surface area (Å²) in [6.07, 6.45) is 5.50. The van der Waals surface area contributed by atoms with Gasteiger partial charge >= 0.3 is 0 Å². The SMILES string of the molecule is O=C(C=Cc1csc(-c2ccc(F)cc2)n1)N1CCCC1. The quantitative estimate of drug-likeness (QED) is 0.812. The highest BCUT2D eigenvalue weighted by molar-refractivity contribution is 7.13. The molecule has 0 aliphatic carbocycles. The van der Waals surface area contributed by atoms with Crippen LogP contribution in [0.4, 0.5) is 4.39 Å². The molecular weight excluding hydrogens is 287 g/mol. The van der Waals surface area contributed by atoms with E-state index in [-0.39, 0.29) is 11.7 Å². The molecule has 0 unspecified atom stereocenters. The molecule has 1 aromatic carbocycles. The zero-order chi connectivity index (χ0) is 14.7. The number of amides is 1. The average molecular weight is 302 g/mol. The maximum atomic E-state index is 12.9. The molecule has 0 bridgehead atoms. The molecule has 1 aliphatic heterocycles. The van der Waals surface area contributed by atoms with Crippen molar-refractivity contribution in [3.05, 3.63) is 47.2 Å². The van der Waals surface area contributed by atoms with Crippen LogP contribution in [0.1, 0.15) is 18.5 Å². The Balaban J connectivity index is 1.70. The van der Waals surface area contributed by atoms with Crippen LogP contribution < -0.4 is 0 Å². The number of nitrogens with zero attached hydrogens (tertiary/aromatic N) is 2. The number of hydrogen-bond donors (Lipinski definition) is 0. The molecule has 1 saturated heterocycles. The first-order chi connectivity index (χ1) is 10.2. The molecule has 0 saturated carbocycles. The van der Waals surface area contributed by atoms with Crippen molar-refractivity contribution in [1.82, 2.24) is 9.88 Å². The topological polar surface area (TPSA) is 33.2 Å². The fourth-order valence-corrected chi connectivity index (χ4v) is 3.08. The smallest absolute Gasteiger partial charge is 0.246 e. The van der Waals surface area contributed by atoms with Crippen LogP contribution >= 0.6 is 11.3 Å². The summed E-state index contributed by atoms with van der Waals surface area (Å²) >= 11 is 1.48. The van der Waals surface area contributed by atoms with Crippen LogP contribution in [0, 0.1) is 5.82 Å². The third-order valence-corrected chi connectivity index (χ3v) is 4.34. The molecular formula is C16H15FN2OS. The van der Waals surface area contributed by atoms with E-state index in [1.807, 2.05) is 10.3 Å². The van der Waals surface area contributed by atoms with E-state index in [4.69, 9.17) is 0 Å². The molecule has 2 heterocycles. The number of carbonyl (C=O) groups is 1. The van der Waals surface area contributed by atoms with Crippen molar-refractivity contribution in [2.24, 2.45) is 0 Å². The monoisotopic (exact) mass is 302 g/mol. The second-order valence-electron chi connectivity index (χ2n) is 4.95. The zero-order valence-electron chi connectivity index (χ0n) is 11.5. The molecule has 1 fully saturated rings. The number of benzene rings is 1. The summed E-state index contributed by atoms with van der Waals surface area (Å²) in [5, 5.41) is 2.72. The van der Waals surface area contributed by atoms with E-state index < -0.39 is 0 Å². The van der Waals surface area contributed by atoms with Gasteiger partial charge in [-0.25, -0.2) is 9.37 Å². The summed E-state index contributed by atoms with van der Waals surface area (Å²) in [6, 6.07) is 6.25. The van der Waals surface area contributed by atoms with Gasteiger partial charge in [0.15, 0.2) is 0 Å². The predicted octanol–water partition coefficient (Wildman–Crippen LogP) is 3.58. The summed E-state index contributed by atoms with van der Waals surface area (Å²) in [5.74, 6) is -0.213. The van der Waals surface area contributed by atoms with Crippen molar-refractivity contribution >= 4 is 23.3 Å². The summed E-state index contributed by atoms with van der Waals surface area (Å²) in [5.41, 5.74) is 1.64. The van der Waals surface area contributed by atoms with Crippen LogP contribution in [0.15, 0.2) is 35.7 Å². The number of rotatable bonds is 3. The first-order valence-corrected chi connectivity index (χ1v) is 7.79. The lowest BCUT2D eigenvalue weighted by molar-refractivity contribution is -0.124. The fraction of sp³-hybridized carbons (Fsp3) is 0.250. The van der Waals surface area contributed by atoms with Crippen LogP contribution in [-0.4, -0.2) is 28.9 Å². The number of likely N-dealkylation sites (tertiary alicyclic amines) is 1. The van der Waals surface area contributed by atoms with Gasteiger partial charge in [0, 0.05) is 30.1 Å². The molecule has 1 amide bonds. The second kappa shape index (κ2) is 6.18. The summed E-state index contributed by atoms with van der Waals surface area (Å²) in [6.45, 7) is 1.70. The lowest BCUT2D eigenvalue weighted by Crippen LogP contribution is -2.25. The summed E-state index contributed by atoms with van der Waals surface area (Å²) < 4.78 is 12.9. The predicted molar refractivity (Wildman–Crippen MR) is 82.4 cm³/mol. The minimum absolute atomic E-state index is 0.0452. The number of carbonyl (C=O) groups excluding carboxylic acids is 1. The number of hydrogen-bond acceptors (Lipinski definition) is 3. The molecule has 0 spiro atoms. The Morgan fingerprint density at radius 3 is 2.67 bits per heavy atom. The molecule has 5 heteroatoms. The van der Waals surface area contributed by atoms with Crippen molar-refractivity contribution in [2.75, 3.05) is 13.1 Å². The van der Waals surface area contributed by atoms with E-state index in [9.17, 15) is 9.18 Å². The van der Waals surface area contributed by atoms with E-state index >= 15 is 0 Å². The van der Waals surface area contributed by atoms with E-state index in [0.717, 1.165) is 42.2 Å². The van der Waals surface area contributed by atoms with Crippen LogP contribution in [-0.2, 0) is 4.79 Å². The minimum Gasteiger partial charge on any atom is -0.339 e. The summed E-state index contributed by atoms with van der Waals surface area (Å²) in [7, 11) is 0. The third kappa shape index (κ3) is 3.36. The Bertz CT molecular complexity index is 657. The molecule has 3 nitrogen and oxygen atoms in total. The first-order valence-electron chi connectivity index (χ1n) is 6.91. The molecule has 2 aromatic rings. The number of halogens is 1. The van der Waals surface area contributed by atoms with E-state index in [2.05, 4.69) is 4.98 Å². The highest BCUT2D eigenvalue weighted by atomic mass is 32.1. The van der Waals surface area contributed by atoms with Gasteiger partial charge in [-0.15, -0.1) is 11.3 Å². The first kappa shape index (κ1) is 13.9. The fourth-order valence-electron chi connectivity index (χ4n) is 2.29. The van der Waals surface area contributed by atoms with Gasteiger partial charge in [-0.3, -0.25) is 4.79 Å². The van der Waals surface area contributed by atoms with E-state index in [1.54, 1.807) is 24.3 Å². The van der Waals surface area contributed by atoms with Crippen molar-refractivity contribution in [3.8, 4) is 10.6 Å². The van der Waals surface area contributed by atoms with Crippen molar-refractivity contribution in [1.29, 1.82) is 0 Å². The summed E-state index contributed by atoms with van der Waals surface area (Å²) in [4.78, 5) is 18.2. The molecule has 1 aromatic heterocycles. The molecule has 21 heavy (non-hydrogen) atoms.